The zero-order valence-corrected chi connectivity index (χ0v) is 12.7. The van der Waals surface area contributed by atoms with E-state index in [1.54, 1.807) is 0 Å². The quantitative estimate of drug-likeness (QED) is 0.758. The highest BCUT2D eigenvalue weighted by atomic mass is 16.1. The van der Waals surface area contributed by atoms with Crippen molar-refractivity contribution < 1.29 is 4.79 Å². The summed E-state index contributed by atoms with van der Waals surface area (Å²) in [6.07, 6.45) is 0.512. The molecule has 0 saturated carbocycles. The lowest BCUT2D eigenvalue weighted by Gasteiger charge is -2.14. The molecule has 0 fully saturated rings. The van der Waals surface area contributed by atoms with E-state index in [0.29, 0.717) is 12.2 Å². The zero-order chi connectivity index (χ0) is 16.1. The molecule has 6 heteroatoms. The number of aromatic amines is 1. The summed E-state index contributed by atoms with van der Waals surface area (Å²) in [6.45, 7) is 2.03. The van der Waals surface area contributed by atoms with Gasteiger partial charge in [0.15, 0.2) is 5.82 Å². The van der Waals surface area contributed by atoms with E-state index in [4.69, 9.17) is 0 Å². The third kappa shape index (κ3) is 3.79. The molecule has 0 aliphatic rings. The molecule has 0 saturated heterocycles. The van der Waals surface area contributed by atoms with E-state index in [9.17, 15) is 4.79 Å². The number of aromatic nitrogens is 4. The Morgan fingerprint density at radius 3 is 2.52 bits per heavy atom. The smallest absolute Gasteiger partial charge is 0.235 e. The fourth-order valence-corrected chi connectivity index (χ4v) is 2.33. The largest absolute Gasteiger partial charge is 0.325 e. The zero-order valence-electron chi connectivity index (χ0n) is 12.7. The summed E-state index contributed by atoms with van der Waals surface area (Å²) in [4.78, 5) is 12.6. The van der Waals surface area contributed by atoms with Crippen LogP contribution in [0.3, 0.4) is 0 Å². The van der Waals surface area contributed by atoms with Crippen LogP contribution in [0, 0.1) is 6.92 Å². The van der Waals surface area contributed by atoms with Crippen molar-refractivity contribution in [3.63, 3.8) is 0 Å². The second-order valence-corrected chi connectivity index (χ2v) is 5.37. The Morgan fingerprint density at radius 1 is 1.13 bits per heavy atom. The molecule has 0 radical (unpaired) electrons. The molecule has 0 aliphatic heterocycles. The number of nitrogens with one attached hydrogen (secondary N) is 2. The molecule has 0 bridgehead atoms. The predicted octanol–water partition coefficient (Wildman–Crippen LogP) is 2.47. The van der Waals surface area contributed by atoms with Crippen molar-refractivity contribution in [1.29, 1.82) is 0 Å². The number of carbonyl (C=O) groups is 1. The summed E-state index contributed by atoms with van der Waals surface area (Å²) >= 11 is 0. The van der Waals surface area contributed by atoms with Gasteiger partial charge < -0.3 is 5.32 Å². The van der Waals surface area contributed by atoms with Gasteiger partial charge in [-0.1, -0.05) is 53.2 Å². The molecule has 6 nitrogen and oxygen atoms in total. The molecule has 0 aliphatic carbocycles. The molecule has 1 heterocycles. The lowest BCUT2D eigenvalue weighted by atomic mass is 9.97. The Morgan fingerprint density at radius 2 is 1.87 bits per heavy atom. The van der Waals surface area contributed by atoms with E-state index in [1.165, 1.54) is 5.56 Å². The van der Waals surface area contributed by atoms with Crippen LogP contribution in [-0.4, -0.2) is 26.5 Å². The molecule has 3 rings (SSSR count). The van der Waals surface area contributed by atoms with Crippen LogP contribution in [-0.2, 0) is 11.2 Å². The molecule has 2 aromatic carbocycles. The van der Waals surface area contributed by atoms with Gasteiger partial charge in [-0.05, 0) is 31.0 Å². The molecule has 1 aromatic heterocycles. The third-order valence-electron chi connectivity index (χ3n) is 3.59. The number of hydrogen-bond donors (Lipinski definition) is 2. The van der Waals surface area contributed by atoms with E-state index < -0.39 is 5.92 Å². The lowest BCUT2D eigenvalue weighted by molar-refractivity contribution is -0.117. The summed E-state index contributed by atoms with van der Waals surface area (Å²) in [5.41, 5.74) is 2.97. The number of aryl methyl sites for hydroxylation is 1. The van der Waals surface area contributed by atoms with Crippen LogP contribution in [0.1, 0.15) is 22.9 Å². The summed E-state index contributed by atoms with van der Waals surface area (Å²) in [6, 6.07) is 17.4. The van der Waals surface area contributed by atoms with Crippen LogP contribution in [0.4, 0.5) is 5.69 Å². The number of rotatable bonds is 5. The Balaban J connectivity index is 1.81. The Bertz CT molecular complexity index is 753. The number of nitrogens with zero attached hydrogens (tertiary/aromatic N) is 3. The van der Waals surface area contributed by atoms with Crippen molar-refractivity contribution in [2.24, 2.45) is 0 Å². The van der Waals surface area contributed by atoms with E-state index in [-0.39, 0.29) is 5.91 Å². The van der Waals surface area contributed by atoms with Crippen LogP contribution in [0.25, 0.3) is 0 Å². The van der Waals surface area contributed by atoms with Gasteiger partial charge in [-0.15, -0.1) is 10.2 Å². The maximum Gasteiger partial charge on any atom is 0.235 e. The highest BCUT2D eigenvalue weighted by Crippen LogP contribution is 2.20. The molecular weight excluding hydrogens is 290 g/mol. The minimum absolute atomic E-state index is 0.154. The molecule has 1 amide bonds. The van der Waals surface area contributed by atoms with Gasteiger partial charge >= 0.3 is 0 Å². The van der Waals surface area contributed by atoms with E-state index in [2.05, 4.69) is 25.9 Å². The van der Waals surface area contributed by atoms with Crippen molar-refractivity contribution in [3.05, 3.63) is 71.5 Å². The minimum Gasteiger partial charge on any atom is -0.325 e. The molecule has 116 valence electrons. The Labute approximate surface area is 133 Å². The van der Waals surface area contributed by atoms with Gasteiger partial charge in [0.05, 0.1) is 0 Å². The average Bonchev–Trinajstić information content (AvgIpc) is 3.09. The number of carbonyl (C=O) groups excluding carboxylic acids is 1. The number of amides is 1. The number of anilines is 1. The fraction of sp³-hybridized carbons (Fsp3) is 0.176. The molecule has 1 atom stereocenters. The van der Waals surface area contributed by atoms with E-state index in [0.717, 1.165) is 11.3 Å². The van der Waals surface area contributed by atoms with Crippen molar-refractivity contribution in [2.45, 2.75) is 19.3 Å². The standard InChI is InChI=1S/C17H17N5O/c1-12-7-9-13(10-8-12)11-15(16-19-21-22-20-16)17(23)18-14-5-3-2-4-6-14/h2-10,15H,11H2,1H3,(H,18,23)(H,19,20,21,22)/t15-/m1/s1. The number of hydrogen-bond acceptors (Lipinski definition) is 4. The van der Waals surface area contributed by atoms with Crippen LogP contribution >= 0.6 is 0 Å². The minimum atomic E-state index is -0.503. The van der Waals surface area contributed by atoms with Gasteiger partial charge in [0.25, 0.3) is 0 Å². The van der Waals surface area contributed by atoms with Crippen LogP contribution in [0.5, 0.6) is 0 Å². The fourth-order valence-electron chi connectivity index (χ4n) is 2.33. The molecule has 0 unspecified atom stereocenters. The number of benzene rings is 2. The monoisotopic (exact) mass is 307 g/mol. The maximum absolute atomic E-state index is 12.6. The lowest BCUT2D eigenvalue weighted by Crippen LogP contribution is -2.24. The predicted molar refractivity (Wildman–Crippen MR) is 86.9 cm³/mol. The van der Waals surface area contributed by atoms with Crippen molar-refractivity contribution in [1.82, 2.24) is 20.6 Å². The highest BCUT2D eigenvalue weighted by molar-refractivity contribution is 5.95. The Hall–Kier alpha value is -3.02. The third-order valence-corrected chi connectivity index (χ3v) is 3.59. The van der Waals surface area contributed by atoms with Gasteiger partial charge in [0, 0.05) is 5.69 Å². The van der Waals surface area contributed by atoms with Crippen molar-refractivity contribution in [2.75, 3.05) is 5.32 Å². The van der Waals surface area contributed by atoms with Gasteiger partial charge in [-0.2, -0.15) is 5.21 Å². The molecule has 3 aromatic rings. The first-order valence-corrected chi connectivity index (χ1v) is 7.37. The van der Waals surface area contributed by atoms with Gasteiger partial charge in [-0.25, -0.2) is 0 Å². The maximum atomic E-state index is 12.6. The van der Waals surface area contributed by atoms with Gasteiger partial charge in [-0.3, -0.25) is 4.79 Å². The van der Waals surface area contributed by atoms with Gasteiger partial charge in [0.2, 0.25) is 5.91 Å². The molecule has 2 N–H and O–H groups in total. The number of H-pyrrole nitrogens is 1. The second kappa shape index (κ2) is 6.83. The number of tetrazole rings is 1. The second-order valence-electron chi connectivity index (χ2n) is 5.37. The first-order chi connectivity index (χ1) is 11.2. The first kappa shape index (κ1) is 14.9. The van der Waals surface area contributed by atoms with E-state index >= 15 is 0 Å². The summed E-state index contributed by atoms with van der Waals surface area (Å²) in [5.74, 6) is -0.270. The van der Waals surface area contributed by atoms with E-state index in [1.807, 2.05) is 61.5 Å². The summed E-state index contributed by atoms with van der Waals surface area (Å²) in [5, 5.41) is 16.9. The molecular formula is C17H17N5O. The van der Waals surface area contributed by atoms with Gasteiger partial charge in [0.1, 0.15) is 5.92 Å². The normalized spacial score (nSPS) is 11.9. The highest BCUT2D eigenvalue weighted by Gasteiger charge is 2.25. The summed E-state index contributed by atoms with van der Waals surface area (Å²) < 4.78 is 0. The van der Waals surface area contributed by atoms with Crippen molar-refractivity contribution in [3.8, 4) is 0 Å². The average molecular weight is 307 g/mol. The SMILES string of the molecule is Cc1ccc(C[C@@H](C(=O)Nc2ccccc2)c2nn[nH]n2)cc1. The van der Waals surface area contributed by atoms with Crippen molar-refractivity contribution >= 4 is 11.6 Å². The van der Waals surface area contributed by atoms with Crippen LogP contribution in [0.2, 0.25) is 0 Å². The Kier molecular flexibility index (Phi) is 4.42. The van der Waals surface area contributed by atoms with Crippen LogP contribution in [0.15, 0.2) is 54.6 Å². The first-order valence-electron chi connectivity index (χ1n) is 7.37. The molecule has 0 spiro atoms. The molecule has 23 heavy (non-hydrogen) atoms. The summed E-state index contributed by atoms with van der Waals surface area (Å²) in [7, 11) is 0. The number of para-hydroxylation sites is 1. The topological polar surface area (TPSA) is 83.6 Å². The van der Waals surface area contributed by atoms with Crippen LogP contribution < -0.4 is 5.32 Å².